The first-order chi connectivity index (χ1) is 8.47. The van der Waals surface area contributed by atoms with Crippen molar-refractivity contribution in [3.8, 4) is 0 Å². The molecule has 2 nitrogen and oxygen atoms in total. The van der Waals surface area contributed by atoms with Gasteiger partial charge in [0.2, 0.25) is 0 Å². The molecule has 0 heterocycles. The molecule has 2 N–H and O–H groups in total. The van der Waals surface area contributed by atoms with E-state index in [2.05, 4.69) is 51.0 Å². The summed E-state index contributed by atoms with van der Waals surface area (Å²) in [6.45, 7) is 4.32. The highest BCUT2D eigenvalue weighted by atomic mass is 15.2. The molecule has 0 amide bonds. The van der Waals surface area contributed by atoms with Crippen molar-refractivity contribution >= 4 is 0 Å². The third-order valence-electron chi connectivity index (χ3n) is 4.71. The molecule has 0 aromatic heterocycles. The van der Waals surface area contributed by atoms with Crippen LogP contribution in [0.5, 0.6) is 0 Å². The maximum Gasteiger partial charge on any atom is 0.0484 e. The lowest BCUT2D eigenvalue weighted by Crippen LogP contribution is -2.50. The molecule has 2 rings (SSSR count). The van der Waals surface area contributed by atoms with Crippen LogP contribution in [0, 0.1) is 13.8 Å². The van der Waals surface area contributed by atoms with Crippen LogP contribution >= 0.6 is 0 Å². The highest BCUT2D eigenvalue weighted by molar-refractivity contribution is 5.35. The number of nitrogens with two attached hydrogens (primary N) is 1. The van der Waals surface area contributed by atoms with Gasteiger partial charge in [0, 0.05) is 11.6 Å². The van der Waals surface area contributed by atoms with E-state index in [-0.39, 0.29) is 11.6 Å². The van der Waals surface area contributed by atoms with Crippen LogP contribution in [0.4, 0.5) is 0 Å². The predicted molar refractivity (Wildman–Crippen MR) is 77.7 cm³/mol. The van der Waals surface area contributed by atoms with Gasteiger partial charge in [-0.2, -0.15) is 0 Å². The van der Waals surface area contributed by atoms with Gasteiger partial charge in [-0.25, -0.2) is 0 Å². The molecule has 18 heavy (non-hydrogen) atoms. The Balaban J connectivity index is 2.39. The second kappa shape index (κ2) is 5.02. The summed E-state index contributed by atoms with van der Waals surface area (Å²) in [5.74, 6) is 0. The highest BCUT2D eigenvalue weighted by Crippen LogP contribution is 2.42. The zero-order valence-electron chi connectivity index (χ0n) is 12.2. The second-order valence-electron chi connectivity index (χ2n) is 6.04. The monoisotopic (exact) mass is 246 g/mol. The van der Waals surface area contributed by atoms with Crippen molar-refractivity contribution < 1.29 is 0 Å². The van der Waals surface area contributed by atoms with Gasteiger partial charge in [-0.15, -0.1) is 0 Å². The second-order valence-corrected chi connectivity index (χ2v) is 6.04. The van der Waals surface area contributed by atoms with Crippen molar-refractivity contribution in [2.75, 3.05) is 14.1 Å². The lowest BCUT2D eigenvalue weighted by molar-refractivity contribution is 0.123. The van der Waals surface area contributed by atoms with Gasteiger partial charge in [-0.05, 0) is 51.9 Å². The molecule has 2 heteroatoms. The van der Waals surface area contributed by atoms with E-state index in [0.29, 0.717) is 0 Å². The van der Waals surface area contributed by atoms with Gasteiger partial charge < -0.3 is 10.6 Å². The summed E-state index contributed by atoms with van der Waals surface area (Å²) in [6.07, 6.45) is 5.04. The minimum absolute atomic E-state index is 0.120. The summed E-state index contributed by atoms with van der Waals surface area (Å²) >= 11 is 0. The average molecular weight is 246 g/mol. The number of hydrogen-bond acceptors (Lipinski definition) is 2. The van der Waals surface area contributed by atoms with Gasteiger partial charge in [0.15, 0.2) is 0 Å². The largest absolute Gasteiger partial charge is 0.322 e. The van der Waals surface area contributed by atoms with E-state index in [4.69, 9.17) is 5.73 Å². The Hall–Kier alpha value is -0.860. The zero-order chi connectivity index (χ0) is 13.3. The molecule has 0 saturated heterocycles. The van der Waals surface area contributed by atoms with E-state index in [9.17, 15) is 0 Å². The van der Waals surface area contributed by atoms with Crippen LogP contribution in [0.1, 0.15) is 48.4 Å². The van der Waals surface area contributed by atoms with Crippen LogP contribution in [0.15, 0.2) is 18.2 Å². The summed E-state index contributed by atoms with van der Waals surface area (Å²) in [7, 11) is 4.35. The fourth-order valence-electron chi connectivity index (χ4n) is 3.41. The summed E-state index contributed by atoms with van der Waals surface area (Å²) in [5, 5.41) is 0. The van der Waals surface area contributed by atoms with E-state index in [1.54, 1.807) is 0 Å². The molecule has 1 aromatic carbocycles. The fourth-order valence-corrected chi connectivity index (χ4v) is 3.41. The molecule has 0 bridgehead atoms. The lowest BCUT2D eigenvalue weighted by atomic mass is 9.81. The molecule has 1 unspecified atom stereocenters. The Morgan fingerprint density at radius 1 is 1.17 bits per heavy atom. The van der Waals surface area contributed by atoms with Crippen molar-refractivity contribution in [1.29, 1.82) is 0 Å². The molecule has 0 radical (unpaired) electrons. The predicted octanol–water partition coefficient (Wildman–Crippen LogP) is 3.18. The van der Waals surface area contributed by atoms with Crippen molar-refractivity contribution in [3.05, 3.63) is 34.9 Å². The van der Waals surface area contributed by atoms with Crippen LogP contribution in [-0.4, -0.2) is 24.5 Å². The first-order valence-electron chi connectivity index (χ1n) is 6.97. The van der Waals surface area contributed by atoms with Crippen molar-refractivity contribution in [2.45, 2.75) is 51.1 Å². The molecule has 1 aliphatic carbocycles. The van der Waals surface area contributed by atoms with E-state index in [1.807, 2.05) is 0 Å². The van der Waals surface area contributed by atoms with Gasteiger partial charge in [0.25, 0.3) is 0 Å². The molecular formula is C16H26N2. The van der Waals surface area contributed by atoms with Gasteiger partial charge in [-0.3, -0.25) is 0 Å². The molecule has 1 fully saturated rings. The first-order valence-corrected chi connectivity index (χ1v) is 6.97. The number of hydrogen-bond donors (Lipinski definition) is 1. The Morgan fingerprint density at radius 2 is 1.78 bits per heavy atom. The quantitative estimate of drug-likeness (QED) is 0.887. The van der Waals surface area contributed by atoms with Crippen LogP contribution in [-0.2, 0) is 0 Å². The van der Waals surface area contributed by atoms with Crippen LogP contribution in [0.25, 0.3) is 0 Å². The van der Waals surface area contributed by atoms with E-state index >= 15 is 0 Å². The first kappa shape index (κ1) is 13.6. The van der Waals surface area contributed by atoms with E-state index in [0.717, 1.165) is 0 Å². The normalized spacial score (nSPS) is 20.3. The van der Waals surface area contributed by atoms with Crippen LogP contribution < -0.4 is 5.73 Å². The molecule has 1 saturated carbocycles. The number of nitrogens with zero attached hydrogens (tertiary/aromatic N) is 1. The highest BCUT2D eigenvalue weighted by Gasteiger charge is 2.42. The Bertz CT molecular complexity index is 417. The summed E-state index contributed by atoms with van der Waals surface area (Å²) in [4.78, 5) is 2.35. The molecule has 100 valence electrons. The lowest BCUT2D eigenvalue weighted by Gasteiger charge is -2.42. The fraction of sp³-hybridized carbons (Fsp3) is 0.625. The Kier molecular flexibility index (Phi) is 3.79. The Morgan fingerprint density at radius 3 is 2.33 bits per heavy atom. The standard InChI is InChI=1S/C16H26N2/c1-12-7-8-13(2)14(11-12)15(17)16(18(3)4)9-5-6-10-16/h7-8,11,15H,5-6,9-10,17H2,1-4H3. The molecule has 1 atom stereocenters. The maximum atomic E-state index is 6.66. The molecule has 1 aliphatic rings. The van der Waals surface area contributed by atoms with Gasteiger partial charge >= 0.3 is 0 Å². The van der Waals surface area contributed by atoms with Crippen LogP contribution in [0.3, 0.4) is 0 Å². The number of likely N-dealkylation sites (N-methyl/N-ethyl adjacent to an activating group) is 1. The third kappa shape index (κ3) is 2.19. The van der Waals surface area contributed by atoms with Gasteiger partial charge in [-0.1, -0.05) is 36.6 Å². The minimum atomic E-state index is 0.120. The zero-order valence-corrected chi connectivity index (χ0v) is 12.2. The minimum Gasteiger partial charge on any atom is -0.322 e. The van der Waals surface area contributed by atoms with E-state index in [1.165, 1.54) is 42.4 Å². The number of benzene rings is 1. The van der Waals surface area contributed by atoms with Gasteiger partial charge in [0.1, 0.15) is 0 Å². The van der Waals surface area contributed by atoms with E-state index < -0.39 is 0 Å². The third-order valence-corrected chi connectivity index (χ3v) is 4.71. The molecule has 0 aliphatic heterocycles. The Labute approximate surface area is 111 Å². The van der Waals surface area contributed by atoms with Gasteiger partial charge in [0.05, 0.1) is 0 Å². The van der Waals surface area contributed by atoms with Crippen molar-refractivity contribution in [1.82, 2.24) is 4.90 Å². The smallest absolute Gasteiger partial charge is 0.0484 e. The SMILES string of the molecule is Cc1ccc(C)c(C(N)C2(N(C)C)CCCC2)c1. The maximum absolute atomic E-state index is 6.66. The summed E-state index contributed by atoms with van der Waals surface area (Å²) < 4.78 is 0. The average Bonchev–Trinajstić information content (AvgIpc) is 2.82. The van der Waals surface area contributed by atoms with Crippen LogP contribution in [0.2, 0.25) is 0 Å². The summed E-state index contributed by atoms with van der Waals surface area (Å²) in [6, 6.07) is 6.75. The molecular weight excluding hydrogens is 220 g/mol. The topological polar surface area (TPSA) is 29.3 Å². The number of aryl methyl sites for hydroxylation is 2. The molecule has 1 aromatic rings. The number of rotatable bonds is 3. The summed E-state index contributed by atoms with van der Waals surface area (Å²) in [5.41, 5.74) is 10.8. The van der Waals surface area contributed by atoms with Crippen molar-refractivity contribution in [2.24, 2.45) is 5.73 Å². The van der Waals surface area contributed by atoms with Crippen molar-refractivity contribution in [3.63, 3.8) is 0 Å². The molecule has 0 spiro atoms.